The van der Waals surface area contributed by atoms with E-state index in [0.29, 0.717) is 6.20 Å². The van der Waals surface area contributed by atoms with Gasteiger partial charge in [-0.3, -0.25) is 4.98 Å². The van der Waals surface area contributed by atoms with Gasteiger partial charge in [-0.1, -0.05) is 19.4 Å². The van der Waals surface area contributed by atoms with Crippen molar-refractivity contribution in [1.82, 2.24) is 4.98 Å². The number of nitrogens with zero attached hydrogens (tertiary/aromatic N) is 1. The maximum Gasteiger partial charge on any atom is 0.310 e. The average molecular weight is 204 g/mol. The smallest absolute Gasteiger partial charge is 0.255 e. The summed E-state index contributed by atoms with van der Waals surface area (Å²) in [6.45, 7) is 0. The van der Waals surface area contributed by atoms with Crippen molar-refractivity contribution in [3.05, 3.63) is 24.5 Å². The van der Waals surface area contributed by atoms with Gasteiger partial charge in [0.05, 0.1) is 6.20 Å². The lowest BCUT2D eigenvalue weighted by Gasteiger charge is -2.40. The molecule has 1 rings (SSSR count). The largest absolute Gasteiger partial charge is 0.310 e. The van der Waals surface area contributed by atoms with Crippen LogP contribution in [-0.4, -0.2) is 4.98 Å². The summed E-state index contributed by atoms with van der Waals surface area (Å²) in [4.78, 5) is 1.11. The van der Waals surface area contributed by atoms with E-state index in [1.807, 2.05) is 0 Å². The Balaban J connectivity index is 3.36. The molecule has 0 saturated heterocycles. The first-order chi connectivity index (χ1) is 5.09. The number of aromatic nitrogens is 1. The quantitative estimate of drug-likeness (QED) is 0.637. The van der Waals surface area contributed by atoms with Gasteiger partial charge in [0.15, 0.2) is 0 Å². The lowest BCUT2D eigenvalue weighted by Crippen LogP contribution is -2.05. The van der Waals surface area contributed by atoms with E-state index in [4.69, 9.17) is 0 Å². The summed E-state index contributed by atoms with van der Waals surface area (Å²) in [5.74, 6) is 0. The molecule has 0 atom stereocenters. The summed E-state index contributed by atoms with van der Waals surface area (Å²) in [6, 6.07) is 0.347. The minimum absolute atomic E-state index is 0.127. The van der Waals surface area contributed by atoms with Crippen LogP contribution in [0, 0.1) is 6.20 Å². The van der Waals surface area contributed by atoms with Gasteiger partial charge >= 0.3 is 10.2 Å². The second-order valence-corrected chi connectivity index (χ2v) is 4.50. The first-order valence-electron chi connectivity index (χ1n) is 2.66. The third-order valence-corrected chi connectivity index (χ3v) is 2.18. The number of hydrogen-bond acceptors (Lipinski definition) is 1. The molecule has 0 amide bonds. The molecular weight excluding hydrogens is 201 g/mol. The molecule has 0 aliphatic rings. The molecule has 0 aromatic carbocycles. The summed E-state index contributed by atoms with van der Waals surface area (Å²) in [5, 5.41) is 0. The summed E-state index contributed by atoms with van der Waals surface area (Å²) < 4.78 is 59.5. The van der Waals surface area contributed by atoms with Crippen LogP contribution in [-0.2, 0) is 0 Å². The van der Waals surface area contributed by atoms with Crippen LogP contribution in [0.5, 0.6) is 0 Å². The molecule has 0 unspecified atom stereocenters. The zero-order chi connectivity index (χ0) is 9.52. The summed E-state index contributed by atoms with van der Waals surface area (Å²) >= 11 is 0. The maximum atomic E-state index is 11.9. The third-order valence-electron chi connectivity index (χ3n) is 1.04. The predicted octanol–water partition coefficient (Wildman–Crippen LogP) is 3.54. The number of pyridine rings is 1. The van der Waals surface area contributed by atoms with Gasteiger partial charge in [-0.05, 0) is 12.1 Å². The molecule has 0 N–H and O–H groups in total. The Hall–Kier alpha value is -0.850. The highest BCUT2D eigenvalue weighted by molar-refractivity contribution is 8.45. The van der Waals surface area contributed by atoms with Crippen LogP contribution in [0.15, 0.2) is 23.2 Å². The Morgan fingerprint density at radius 3 is 2.00 bits per heavy atom. The van der Waals surface area contributed by atoms with Crippen molar-refractivity contribution in [2.75, 3.05) is 0 Å². The van der Waals surface area contributed by atoms with Crippen LogP contribution in [0.1, 0.15) is 0 Å². The van der Waals surface area contributed by atoms with Crippen LogP contribution in [0.2, 0.25) is 0 Å². The Morgan fingerprint density at radius 1 is 1.17 bits per heavy atom. The molecule has 1 nitrogen and oxygen atoms in total. The van der Waals surface area contributed by atoms with E-state index in [0.717, 1.165) is 0 Å². The minimum Gasteiger partial charge on any atom is -0.255 e. The molecule has 1 aromatic heterocycles. The Morgan fingerprint density at radius 2 is 1.75 bits per heavy atom. The number of halogens is 5. The lowest BCUT2D eigenvalue weighted by atomic mass is 10.5. The van der Waals surface area contributed by atoms with Gasteiger partial charge in [-0.2, -0.15) is 0 Å². The van der Waals surface area contributed by atoms with Crippen molar-refractivity contribution in [2.24, 2.45) is 0 Å². The molecule has 0 spiro atoms. The lowest BCUT2D eigenvalue weighted by molar-refractivity contribution is 0.364. The molecular formula is C5H3F5NS. The van der Waals surface area contributed by atoms with Crippen molar-refractivity contribution in [2.45, 2.75) is 4.90 Å². The summed E-state index contributed by atoms with van der Waals surface area (Å²) in [5.41, 5.74) is 0. The van der Waals surface area contributed by atoms with Crippen molar-refractivity contribution in [1.29, 1.82) is 0 Å². The number of rotatable bonds is 1. The predicted molar refractivity (Wildman–Crippen MR) is 34.5 cm³/mol. The summed E-state index contributed by atoms with van der Waals surface area (Å²) in [7, 11) is -9.50. The van der Waals surface area contributed by atoms with Gasteiger partial charge in [-0.25, -0.2) is 0 Å². The van der Waals surface area contributed by atoms with E-state index in [1.54, 1.807) is 6.20 Å². The minimum atomic E-state index is -9.50. The molecule has 0 aliphatic carbocycles. The second-order valence-electron chi connectivity index (χ2n) is 2.09. The van der Waals surface area contributed by atoms with Crippen LogP contribution in [0.25, 0.3) is 0 Å². The van der Waals surface area contributed by atoms with E-state index in [9.17, 15) is 19.4 Å². The molecule has 0 saturated carbocycles. The van der Waals surface area contributed by atoms with E-state index in [2.05, 4.69) is 4.98 Å². The van der Waals surface area contributed by atoms with Crippen LogP contribution in [0.3, 0.4) is 0 Å². The monoisotopic (exact) mass is 204 g/mol. The van der Waals surface area contributed by atoms with E-state index in [-0.39, 0.29) is 12.1 Å². The average Bonchev–Trinajstić information content (AvgIpc) is 1.85. The van der Waals surface area contributed by atoms with Gasteiger partial charge in [-0.15, -0.1) is 0 Å². The Bertz CT molecular complexity index is 289. The molecule has 0 aliphatic heterocycles. The highest BCUT2D eigenvalue weighted by atomic mass is 32.5. The first-order valence-corrected chi connectivity index (χ1v) is 4.61. The van der Waals surface area contributed by atoms with E-state index < -0.39 is 15.1 Å². The molecule has 1 heterocycles. The van der Waals surface area contributed by atoms with Crippen molar-refractivity contribution in [3.63, 3.8) is 0 Å². The first kappa shape index (κ1) is 9.24. The zero-order valence-corrected chi connectivity index (χ0v) is 6.29. The molecule has 0 fully saturated rings. The van der Waals surface area contributed by atoms with Crippen molar-refractivity contribution < 1.29 is 19.4 Å². The van der Waals surface area contributed by atoms with E-state index in [1.165, 1.54) is 0 Å². The normalized spacial score (nSPS) is 18.1. The third kappa shape index (κ3) is 2.07. The van der Waals surface area contributed by atoms with Crippen LogP contribution >= 0.6 is 10.2 Å². The molecule has 1 radical (unpaired) electrons. The van der Waals surface area contributed by atoms with Crippen molar-refractivity contribution in [3.8, 4) is 0 Å². The molecule has 0 bridgehead atoms. The van der Waals surface area contributed by atoms with E-state index >= 15 is 0 Å². The zero-order valence-electron chi connectivity index (χ0n) is 5.48. The topological polar surface area (TPSA) is 12.9 Å². The molecule has 12 heavy (non-hydrogen) atoms. The van der Waals surface area contributed by atoms with Crippen LogP contribution < -0.4 is 0 Å². The Labute approximate surface area is 65.0 Å². The Kier molecular flexibility index (Phi) is 1.33. The number of hydrogen-bond donors (Lipinski definition) is 0. The van der Waals surface area contributed by atoms with Crippen LogP contribution in [0.4, 0.5) is 19.4 Å². The molecule has 1 aromatic rings. The summed E-state index contributed by atoms with van der Waals surface area (Å²) in [6.07, 6.45) is 2.32. The second kappa shape index (κ2) is 1.73. The highest BCUT2D eigenvalue weighted by Crippen LogP contribution is 3.01. The van der Waals surface area contributed by atoms with Gasteiger partial charge in [0.25, 0.3) is 0 Å². The van der Waals surface area contributed by atoms with Gasteiger partial charge in [0, 0.05) is 6.20 Å². The van der Waals surface area contributed by atoms with Crippen molar-refractivity contribution >= 4 is 10.2 Å². The SMILES string of the molecule is FS(F)(F)(F)(F)c1c[c]ncc1. The fourth-order valence-corrected chi connectivity index (χ4v) is 1.14. The fraction of sp³-hybridized carbons (Fsp3) is 0. The highest BCUT2D eigenvalue weighted by Gasteiger charge is 2.65. The van der Waals surface area contributed by atoms with Gasteiger partial charge in [0.1, 0.15) is 4.90 Å². The molecule has 7 heteroatoms. The van der Waals surface area contributed by atoms with Gasteiger partial charge < -0.3 is 0 Å². The van der Waals surface area contributed by atoms with Gasteiger partial charge in [0.2, 0.25) is 0 Å². The molecule has 69 valence electrons. The fourth-order valence-electron chi connectivity index (χ4n) is 0.543. The standard InChI is InChI=1S/C5H3F5NS/c6-12(7,8,9,10)5-1-3-11-4-2-5/h1-3H. The maximum absolute atomic E-state index is 11.9.